The number of carbonyl (C=O) groups excluding carboxylic acids is 1. The number of benzene rings is 1. The summed E-state index contributed by atoms with van der Waals surface area (Å²) in [6.45, 7) is 4.05. The summed E-state index contributed by atoms with van der Waals surface area (Å²) in [7, 11) is 3.49. The summed E-state index contributed by atoms with van der Waals surface area (Å²) in [6.07, 6.45) is 0.562. The summed E-state index contributed by atoms with van der Waals surface area (Å²) in [5.74, 6) is 0.829. The highest BCUT2D eigenvalue weighted by Crippen LogP contribution is 2.15. The normalized spacial score (nSPS) is 18.4. The van der Waals surface area contributed by atoms with Gasteiger partial charge in [0.05, 0.1) is 13.7 Å². The zero-order valence-electron chi connectivity index (χ0n) is 13.4. The van der Waals surface area contributed by atoms with Gasteiger partial charge in [-0.05, 0) is 37.6 Å². The number of methoxy groups -OCH3 is 1. The van der Waals surface area contributed by atoms with Crippen LogP contribution in [0.2, 0.25) is 0 Å². The lowest BCUT2D eigenvalue weighted by Crippen LogP contribution is -2.43. The highest BCUT2D eigenvalue weighted by atomic mass is 35.5. The molecule has 0 bridgehead atoms. The van der Waals surface area contributed by atoms with E-state index in [1.54, 1.807) is 18.9 Å². The van der Waals surface area contributed by atoms with Gasteiger partial charge >= 0.3 is 0 Å². The maximum Gasteiger partial charge on any atom is 0.251 e. The van der Waals surface area contributed by atoms with Crippen LogP contribution in [0.15, 0.2) is 24.3 Å². The third kappa shape index (κ3) is 4.87. The fraction of sp³-hybridized carbons (Fsp3) is 0.562. The molecule has 1 amide bonds. The van der Waals surface area contributed by atoms with Crippen molar-refractivity contribution in [2.45, 2.75) is 32.1 Å². The number of carbonyl (C=O) groups is 1. The van der Waals surface area contributed by atoms with Gasteiger partial charge in [0.2, 0.25) is 0 Å². The van der Waals surface area contributed by atoms with E-state index in [-0.39, 0.29) is 24.4 Å². The zero-order valence-corrected chi connectivity index (χ0v) is 14.2. The van der Waals surface area contributed by atoms with Gasteiger partial charge in [-0.2, -0.15) is 0 Å². The first-order chi connectivity index (χ1) is 10.1. The summed E-state index contributed by atoms with van der Waals surface area (Å²) in [5, 5.41) is 3.27. The minimum Gasteiger partial charge on any atom is -0.497 e. The number of nitrogens with one attached hydrogen (secondary N) is 1. The van der Waals surface area contributed by atoms with E-state index >= 15 is 0 Å². The molecule has 0 spiro atoms. The van der Waals surface area contributed by atoms with Crippen molar-refractivity contribution < 1.29 is 14.3 Å². The van der Waals surface area contributed by atoms with Crippen molar-refractivity contribution in [2.75, 3.05) is 27.2 Å². The lowest BCUT2D eigenvalue weighted by atomic mass is 10.2. The first-order valence-electron chi connectivity index (χ1n) is 7.33. The smallest absolute Gasteiger partial charge is 0.251 e. The molecule has 2 rings (SSSR count). The fourth-order valence-electron chi connectivity index (χ4n) is 2.49. The Bertz CT molecular complexity index is 478. The Balaban J connectivity index is 0.00000242. The molecule has 0 saturated carbocycles. The van der Waals surface area contributed by atoms with Crippen LogP contribution in [0, 0.1) is 0 Å². The Morgan fingerprint density at radius 1 is 1.50 bits per heavy atom. The van der Waals surface area contributed by atoms with Gasteiger partial charge in [-0.15, -0.1) is 12.4 Å². The monoisotopic (exact) mass is 328 g/mol. The molecular weight excluding hydrogens is 304 g/mol. The molecule has 0 aliphatic carbocycles. The van der Waals surface area contributed by atoms with Gasteiger partial charge in [0.25, 0.3) is 5.91 Å². The second kappa shape index (κ2) is 8.98. The van der Waals surface area contributed by atoms with Crippen LogP contribution in [0.25, 0.3) is 0 Å². The van der Waals surface area contributed by atoms with E-state index in [1.165, 1.54) is 0 Å². The SMILES string of the molecule is COc1cccc(COC(C)C(=O)N(C)C2CCNC2)c1.Cl. The van der Waals surface area contributed by atoms with Crippen molar-refractivity contribution in [1.82, 2.24) is 10.2 Å². The Morgan fingerprint density at radius 3 is 2.91 bits per heavy atom. The first kappa shape index (κ1) is 18.7. The predicted molar refractivity (Wildman–Crippen MR) is 88.5 cm³/mol. The number of likely N-dealkylation sites (N-methyl/N-ethyl adjacent to an activating group) is 1. The van der Waals surface area contributed by atoms with Gasteiger partial charge in [-0.1, -0.05) is 12.1 Å². The Hall–Kier alpha value is -1.30. The maximum atomic E-state index is 12.3. The molecular formula is C16H25ClN2O3. The summed E-state index contributed by atoms with van der Waals surface area (Å²) >= 11 is 0. The number of ether oxygens (including phenoxy) is 2. The Labute approximate surface area is 138 Å². The van der Waals surface area contributed by atoms with Crippen LogP contribution >= 0.6 is 12.4 Å². The van der Waals surface area contributed by atoms with Gasteiger partial charge in [0.15, 0.2) is 0 Å². The standard InChI is InChI=1S/C16H24N2O3.ClH/c1-12(16(19)18(2)14-7-8-17-10-14)21-11-13-5-4-6-15(9-13)20-3;/h4-6,9,12,14,17H,7-8,10-11H2,1-3H3;1H. The molecule has 5 nitrogen and oxygen atoms in total. The highest BCUT2D eigenvalue weighted by molar-refractivity contribution is 5.85. The van der Waals surface area contributed by atoms with Crippen LogP contribution in [0.4, 0.5) is 0 Å². The molecule has 2 atom stereocenters. The van der Waals surface area contributed by atoms with Crippen LogP contribution in [0.1, 0.15) is 18.9 Å². The van der Waals surface area contributed by atoms with Crippen LogP contribution in [-0.2, 0) is 16.1 Å². The highest BCUT2D eigenvalue weighted by Gasteiger charge is 2.26. The molecule has 1 aromatic rings. The Morgan fingerprint density at radius 2 is 2.27 bits per heavy atom. The topological polar surface area (TPSA) is 50.8 Å². The van der Waals surface area contributed by atoms with Crippen molar-refractivity contribution >= 4 is 18.3 Å². The molecule has 22 heavy (non-hydrogen) atoms. The van der Waals surface area contributed by atoms with Crippen molar-refractivity contribution in [2.24, 2.45) is 0 Å². The number of halogens is 1. The van der Waals surface area contributed by atoms with Gasteiger partial charge in [-0.25, -0.2) is 0 Å². The van der Waals surface area contributed by atoms with Crippen LogP contribution in [0.5, 0.6) is 5.75 Å². The summed E-state index contributed by atoms with van der Waals surface area (Å²) in [5.41, 5.74) is 0.999. The molecule has 1 aliphatic heterocycles. The van der Waals surface area contributed by atoms with E-state index < -0.39 is 6.10 Å². The molecule has 1 aromatic carbocycles. The number of rotatable bonds is 6. The third-order valence-electron chi connectivity index (χ3n) is 3.91. The van der Waals surface area contributed by atoms with Gasteiger partial charge in [-0.3, -0.25) is 4.79 Å². The summed E-state index contributed by atoms with van der Waals surface area (Å²) in [4.78, 5) is 14.1. The lowest BCUT2D eigenvalue weighted by molar-refractivity contribution is -0.143. The van der Waals surface area contributed by atoms with E-state index in [9.17, 15) is 4.79 Å². The zero-order chi connectivity index (χ0) is 15.2. The van der Waals surface area contributed by atoms with Crippen LogP contribution in [-0.4, -0.2) is 50.2 Å². The molecule has 1 heterocycles. The molecule has 124 valence electrons. The molecule has 0 aromatic heterocycles. The van der Waals surface area contributed by atoms with E-state index in [2.05, 4.69) is 5.32 Å². The maximum absolute atomic E-state index is 12.3. The van der Waals surface area contributed by atoms with E-state index in [0.29, 0.717) is 6.61 Å². The molecule has 6 heteroatoms. The Kier molecular flexibility index (Phi) is 7.65. The van der Waals surface area contributed by atoms with E-state index in [4.69, 9.17) is 9.47 Å². The van der Waals surface area contributed by atoms with Crippen LogP contribution < -0.4 is 10.1 Å². The quantitative estimate of drug-likeness (QED) is 0.866. The molecule has 1 fully saturated rings. The minimum absolute atomic E-state index is 0. The van der Waals surface area contributed by atoms with Crippen LogP contribution in [0.3, 0.4) is 0 Å². The number of hydrogen-bond donors (Lipinski definition) is 1. The van der Waals surface area contributed by atoms with Gasteiger partial charge in [0, 0.05) is 19.6 Å². The van der Waals surface area contributed by atoms with Gasteiger partial charge < -0.3 is 19.7 Å². The average Bonchev–Trinajstić information content (AvgIpc) is 3.05. The van der Waals surface area contributed by atoms with Crippen molar-refractivity contribution in [1.29, 1.82) is 0 Å². The van der Waals surface area contributed by atoms with Crippen molar-refractivity contribution in [3.8, 4) is 5.75 Å². The fourth-order valence-corrected chi connectivity index (χ4v) is 2.49. The second-order valence-corrected chi connectivity index (χ2v) is 5.40. The second-order valence-electron chi connectivity index (χ2n) is 5.40. The van der Waals surface area contributed by atoms with Crippen molar-refractivity contribution in [3.05, 3.63) is 29.8 Å². The molecule has 1 N–H and O–H groups in total. The summed E-state index contributed by atoms with van der Waals surface area (Å²) < 4.78 is 10.9. The lowest BCUT2D eigenvalue weighted by Gasteiger charge is -2.26. The van der Waals surface area contributed by atoms with Crippen molar-refractivity contribution in [3.63, 3.8) is 0 Å². The minimum atomic E-state index is -0.443. The number of nitrogens with zero attached hydrogens (tertiary/aromatic N) is 1. The summed E-state index contributed by atoms with van der Waals surface area (Å²) in [6, 6.07) is 7.96. The van der Waals surface area contributed by atoms with Gasteiger partial charge in [0.1, 0.15) is 11.9 Å². The third-order valence-corrected chi connectivity index (χ3v) is 3.91. The molecule has 1 saturated heterocycles. The number of amides is 1. The number of hydrogen-bond acceptors (Lipinski definition) is 4. The van der Waals surface area contributed by atoms with E-state index in [1.807, 2.05) is 31.3 Å². The molecule has 1 aliphatic rings. The molecule has 2 unspecified atom stereocenters. The van der Waals surface area contributed by atoms with E-state index in [0.717, 1.165) is 30.8 Å². The largest absolute Gasteiger partial charge is 0.497 e. The first-order valence-corrected chi connectivity index (χ1v) is 7.33. The predicted octanol–water partition coefficient (Wildman–Crippen LogP) is 1.84. The molecule has 0 radical (unpaired) electrons. The average molecular weight is 329 g/mol.